The Morgan fingerprint density at radius 3 is 2.83 bits per heavy atom. The molecule has 1 aliphatic carbocycles. The van der Waals surface area contributed by atoms with Gasteiger partial charge in [-0.3, -0.25) is 9.89 Å². The molecule has 2 N–H and O–H groups in total. The van der Waals surface area contributed by atoms with Crippen LogP contribution in [0.3, 0.4) is 0 Å². The Morgan fingerprint density at radius 2 is 2.12 bits per heavy atom. The number of aliphatic imine (C=N–C) groups is 1. The molecule has 1 aliphatic heterocycles. The molecule has 134 valence electrons. The van der Waals surface area contributed by atoms with Crippen molar-refractivity contribution in [1.82, 2.24) is 15.5 Å². The Morgan fingerprint density at radius 1 is 1.29 bits per heavy atom. The summed E-state index contributed by atoms with van der Waals surface area (Å²) in [4.78, 5) is 8.98. The molecular formula is C19H32N4S. The van der Waals surface area contributed by atoms with Crippen molar-refractivity contribution in [3.8, 4) is 0 Å². The van der Waals surface area contributed by atoms with Gasteiger partial charge < -0.3 is 10.6 Å². The first-order valence-electron chi connectivity index (χ1n) is 9.56. The molecule has 0 aromatic carbocycles. The van der Waals surface area contributed by atoms with E-state index in [1.807, 2.05) is 11.3 Å². The second-order valence-electron chi connectivity index (χ2n) is 7.19. The van der Waals surface area contributed by atoms with Crippen LogP contribution in [0, 0.1) is 5.92 Å². The average molecular weight is 349 g/mol. The zero-order valence-electron chi connectivity index (χ0n) is 15.1. The van der Waals surface area contributed by atoms with Crippen LogP contribution >= 0.6 is 11.3 Å². The zero-order chi connectivity index (χ0) is 16.8. The first kappa shape index (κ1) is 17.7. The molecule has 2 heterocycles. The van der Waals surface area contributed by atoms with E-state index in [9.17, 15) is 0 Å². The van der Waals surface area contributed by atoms with E-state index in [-0.39, 0.29) is 0 Å². The number of likely N-dealkylation sites (tertiary alicyclic amines) is 1. The number of thiophene rings is 1. The summed E-state index contributed by atoms with van der Waals surface area (Å²) in [5, 5.41) is 9.28. The smallest absolute Gasteiger partial charge is 0.191 e. The van der Waals surface area contributed by atoms with Gasteiger partial charge in [0.05, 0.1) is 0 Å². The highest BCUT2D eigenvalue weighted by atomic mass is 32.1. The monoisotopic (exact) mass is 348 g/mol. The second kappa shape index (κ2) is 8.86. The third-order valence-electron chi connectivity index (χ3n) is 5.37. The Bertz CT molecular complexity index is 507. The highest BCUT2D eigenvalue weighted by Gasteiger charge is 2.31. The molecule has 0 radical (unpaired) electrons. The molecule has 1 saturated heterocycles. The summed E-state index contributed by atoms with van der Waals surface area (Å²) in [5.41, 5.74) is 0. The van der Waals surface area contributed by atoms with Gasteiger partial charge in [0.25, 0.3) is 0 Å². The standard InChI is InChI=1S/C19H32N4S/c1-3-20-19(22-16-9-4-5-10-16)21-14-15-8-6-12-23(2)18(15)17-11-7-13-24-17/h7,11,13,15-16,18H,3-6,8-10,12,14H2,1-2H3,(H2,20,21,22). The summed E-state index contributed by atoms with van der Waals surface area (Å²) in [6.45, 7) is 5.18. The van der Waals surface area contributed by atoms with Gasteiger partial charge in [-0.15, -0.1) is 11.3 Å². The molecule has 4 nitrogen and oxygen atoms in total. The number of nitrogens with zero attached hydrogens (tertiary/aromatic N) is 2. The van der Waals surface area contributed by atoms with E-state index in [1.165, 1.54) is 49.9 Å². The lowest BCUT2D eigenvalue weighted by atomic mass is 9.88. The molecule has 2 unspecified atom stereocenters. The number of hydrogen-bond donors (Lipinski definition) is 2. The van der Waals surface area contributed by atoms with E-state index in [1.54, 1.807) is 0 Å². The van der Waals surface area contributed by atoms with Crippen LogP contribution in [0.5, 0.6) is 0 Å². The molecule has 24 heavy (non-hydrogen) atoms. The fraction of sp³-hybridized carbons (Fsp3) is 0.737. The van der Waals surface area contributed by atoms with Crippen molar-refractivity contribution in [2.24, 2.45) is 10.9 Å². The molecule has 3 rings (SSSR count). The molecule has 2 fully saturated rings. The van der Waals surface area contributed by atoms with Crippen LogP contribution in [0.1, 0.15) is 56.4 Å². The van der Waals surface area contributed by atoms with Crippen molar-refractivity contribution in [2.75, 3.05) is 26.7 Å². The Hall–Kier alpha value is -1.07. The van der Waals surface area contributed by atoms with Crippen molar-refractivity contribution in [2.45, 2.75) is 57.5 Å². The molecule has 1 saturated carbocycles. The fourth-order valence-corrected chi connectivity index (χ4v) is 5.14. The van der Waals surface area contributed by atoms with Gasteiger partial charge in [0.1, 0.15) is 0 Å². The van der Waals surface area contributed by atoms with Crippen LogP contribution in [0.2, 0.25) is 0 Å². The van der Waals surface area contributed by atoms with Gasteiger partial charge in [0, 0.05) is 30.1 Å². The van der Waals surface area contributed by atoms with Crippen LogP contribution in [-0.2, 0) is 0 Å². The maximum absolute atomic E-state index is 4.97. The van der Waals surface area contributed by atoms with Gasteiger partial charge in [-0.05, 0) is 63.6 Å². The quantitative estimate of drug-likeness (QED) is 0.630. The van der Waals surface area contributed by atoms with E-state index in [4.69, 9.17) is 4.99 Å². The van der Waals surface area contributed by atoms with Crippen molar-refractivity contribution in [3.05, 3.63) is 22.4 Å². The van der Waals surface area contributed by atoms with Gasteiger partial charge in [0.15, 0.2) is 5.96 Å². The van der Waals surface area contributed by atoms with Crippen LogP contribution in [0.15, 0.2) is 22.5 Å². The van der Waals surface area contributed by atoms with Gasteiger partial charge in [-0.1, -0.05) is 18.9 Å². The average Bonchev–Trinajstić information content (AvgIpc) is 3.26. The minimum absolute atomic E-state index is 0.525. The van der Waals surface area contributed by atoms with Crippen LogP contribution in [0.4, 0.5) is 0 Å². The Balaban J connectivity index is 1.66. The normalized spacial score (nSPS) is 26.7. The van der Waals surface area contributed by atoms with Gasteiger partial charge in [-0.2, -0.15) is 0 Å². The molecule has 0 bridgehead atoms. The number of hydrogen-bond acceptors (Lipinski definition) is 3. The minimum Gasteiger partial charge on any atom is -0.357 e. The lowest BCUT2D eigenvalue weighted by molar-refractivity contribution is 0.128. The Labute approximate surface area is 150 Å². The number of nitrogens with one attached hydrogen (secondary N) is 2. The maximum atomic E-state index is 4.97. The zero-order valence-corrected chi connectivity index (χ0v) is 15.9. The van der Waals surface area contributed by atoms with Crippen LogP contribution in [0.25, 0.3) is 0 Å². The third kappa shape index (κ3) is 4.51. The van der Waals surface area contributed by atoms with Crippen LogP contribution < -0.4 is 10.6 Å². The summed E-state index contributed by atoms with van der Waals surface area (Å²) in [6, 6.07) is 5.60. The predicted molar refractivity (Wildman–Crippen MR) is 104 cm³/mol. The second-order valence-corrected chi connectivity index (χ2v) is 8.17. The number of piperidine rings is 1. The third-order valence-corrected chi connectivity index (χ3v) is 6.31. The topological polar surface area (TPSA) is 39.7 Å². The SMILES string of the molecule is CCNC(=NCC1CCCN(C)C1c1cccs1)NC1CCCC1. The molecule has 0 amide bonds. The lowest BCUT2D eigenvalue weighted by Gasteiger charge is -2.38. The van der Waals surface area contributed by atoms with Crippen molar-refractivity contribution in [3.63, 3.8) is 0 Å². The molecule has 2 atom stereocenters. The van der Waals surface area contributed by atoms with E-state index >= 15 is 0 Å². The Kier molecular flexibility index (Phi) is 6.55. The molecule has 2 aliphatic rings. The van der Waals surface area contributed by atoms with Crippen molar-refractivity contribution >= 4 is 17.3 Å². The predicted octanol–water partition coefficient (Wildman–Crippen LogP) is 3.63. The molecule has 0 spiro atoms. The van der Waals surface area contributed by atoms with E-state index in [0.29, 0.717) is 18.0 Å². The van der Waals surface area contributed by atoms with Gasteiger partial charge >= 0.3 is 0 Å². The minimum atomic E-state index is 0.525. The van der Waals surface area contributed by atoms with Gasteiger partial charge in [-0.25, -0.2) is 0 Å². The summed E-state index contributed by atoms with van der Waals surface area (Å²) < 4.78 is 0. The highest BCUT2D eigenvalue weighted by molar-refractivity contribution is 7.10. The number of rotatable bonds is 5. The maximum Gasteiger partial charge on any atom is 0.191 e. The molecule has 1 aromatic rings. The first-order valence-corrected chi connectivity index (χ1v) is 10.4. The lowest BCUT2D eigenvalue weighted by Crippen LogP contribution is -2.43. The van der Waals surface area contributed by atoms with E-state index in [2.05, 4.69) is 47.0 Å². The van der Waals surface area contributed by atoms with E-state index < -0.39 is 0 Å². The van der Waals surface area contributed by atoms with Crippen molar-refractivity contribution < 1.29 is 0 Å². The van der Waals surface area contributed by atoms with Crippen molar-refractivity contribution in [1.29, 1.82) is 0 Å². The summed E-state index contributed by atoms with van der Waals surface area (Å²) in [6.07, 6.45) is 7.84. The first-order chi connectivity index (χ1) is 11.8. The molecule has 1 aromatic heterocycles. The summed E-state index contributed by atoms with van der Waals surface area (Å²) >= 11 is 1.89. The van der Waals surface area contributed by atoms with Gasteiger partial charge in [0.2, 0.25) is 0 Å². The molecular weight excluding hydrogens is 316 g/mol. The highest BCUT2D eigenvalue weighted by Crippen LogP contribution is 2.37. The summed E-state index contributed by atoms with van der Waals surface area (Å²) in [5.74, 6) is 1.63. The number of guanidine groups is 1. The fourth-order valence-electron chi connectivity index (χ4n) is 4.15. The van der Waals surface area contributed by atoms with E-state index in [0.717, 1.165) is 19.0 Å². The largest absolute Gasteiger partial charge is 0.357 e. The molecule has 5 heteroatoms. The van der Waals surface area contributed by atoms with Crippen LogP contribution in [-0.4, -0.2) is 43.6 Å². The summed E-state index contributed by atoms with van der Waals surface area (Å²) in [7, 11) is 2.27.